The van der Waals surface area contributed by atoms with Gasteiger partial charge in [-0.2, -0.15) is 0 Å². The van der Waals surface area contributed by atoms with Gasteiger partial charge in [-0.1, -0.05) is 11.6 Å². The second-order valence-electron chi connectivity index (χ2n) is 5.16. The molecule has 0 aliphatic carbocycles. The van der Waals surface area contributed by atoms with Gasteiger partial charge < -0.3 is 9.47 Å². The quantitative estimate of drug-likeness (QED) is 0.723. The third-order valence-corrected chi connectivity index (χ3v) is 3.74. The number of carbonyl (C=O) groups is 1. The molecule has 1 aliphatic heterocycles. The Bertz CT molecular complexity index is 464. The number of halogens is 1. The SMILES string of the molecule is COC(=O)CCN(Cc1cc(Cl)ccn1)CC1CCCO1. The van der Waals surface area contributed by atoms with Gasteiger partial charge in [-0.05, 0) is 25.0 Å². The lowest BCUT2D eigenvalue weighted by atomic mass is 10.2. The monoisotopic (exact) mass is 312 g/mol. The first-order valence-electron chi connectivity index (χ1n) is 7.18. The van der Waals surface area contributed by atoms with Crippen molar-refractivity contribution in [2.24, 2.45) is 0 Å². The summed E-state index contributed by atoms with van der Waals surface area (Å²) in [6.45, 7) is 2.90. The average molecular weight is 313 g/mol. The topological polar surface area (TPSA) is 51.7 Å². The van der Waals surface area contributed by atoms with Crippen molar-refractivity contribution >= 4 is 17.6 Å². The van der Waals surface area contributed by atoms with E-state index in [-0.39, 0.29) is 12.1 Å². The van der Waals surface area contributed by atoms with Crippen LogP contribution in [0.5, 0.6) is 0 Å². The molecular formula is C15H21ClN2O3. The van der Waals surface area contributed by atoms with Gasteiger partial charge >= 0.3 is 5.97 Å². The number of esters is 1. The molecule has 1 aromatic rings. The summed E-state index contributed by atoms with van der Waals surface area (Å²) in [4.78, 5) is 17.8. The molecule has 1 fully saturated rings. The van der Waals surface area contributed by atoms with Crippen LogP contribution < -0.4 is 0 Å². The molecule has 1 aliphatic rings. The summed E-state index contributed by atoms with van der Waals surface area (Å²) >= 11 is 5.99. The molecule has 5 nitrogen and oxygen atoms in total. The maximum Gasteiger partial charge on any atom is 0.306 e. The molecule has 0 radical (unpaired) electrons. The number of hydrogen-bond acceptors (Lipinski definition) is 5. The lowest BCUT2D eigenvalue weighted by molar-refractivity contribution is -0.141. The molecule has 1 unspecified atom stereocenters. The Kier molecular flexibility index (Phi) is 6.42. The Balaban J connectivity index is 1.94. The highest BCUT2D eigenvalue weighted by molar-refractivity contribution is 6.30. The number of rotatable bonds is 7. The van der Waals surface area contributed by atoms with Gasteiger partial charge in [0.05, 0.1) is 25.3 Å². The van der Waals surface area contributed by atoms with Crippen molar-refractivity contribution in [1.82, 2.24) is 9.88 Å². The van der Waals surface area contributed by atoms with Gasteiger partial charge in [0.2, 0.25) is 0 Å². The van der Waals surface area contributed by atoms with E-state index in [0.29, 0.717) is 24.5 Å². The van der Waals surface area contributed by atoms with Crippen molar-refractivity contribution in [2.45, 2.75) is 31.9 Å². The van der Waals surface area contributed by atoms with E-state index in [1.54, 1.807) is 12.3 Å². The van der Waals surface area contributed by atoms with Crippen molar-refractivity contribution in [3.63, 3.8) is 0 Å². The Morgan fingerprint density at radius 1 is 1.62 bits per heavy atom. The summed E-state index contributed by atoms with van der Waals surface area (Å²) in [7, 11) is 1.41. The minimum absolute atomic E-state index is 0.202. The van der Waals surface area contributed by atoms with E-state index in [2.05, 4.69) is 9.88 Å². The van der Waals surface area contributed by atoms with Gasteiger partial charge in [-0.15, -0.1) is 0 Å². The van der Waals surface area contributed by atoms with Gasteiger partial charge in [0.1, 0.15) is 0 Å². The fourth-order valence-electron chi connectivity index (χ4n) is 2.43. The molecular weight excluding hydrogens is 292 g/mol. The van der Waals surface area contributed by atoms with Crippen molar-refractivity contribution < 1.29 is 14.3 Å². The third-order valence-electron chi connectivity index (χ3n) is 3.51. The predicted octanol–water partition coefficient (Wildman–Crippen LogP) is 2.28. The number of hydrogen-bond donors (Lipinski definition) is 0. The van der Waals surface area contributed by atoms with Crippen LogP contribution in [0.15, 0.2) is 18.3 Å². The molecule has 21 heavy (non-hydrogen) atoms. The summed E-state index contributed by atoms with van der Waals surface area (Å²) < 4.78 is 10.4. The molecule has 116 valence electrons. The zero-order valence-corrected chi connectivity index (χ0v) is 13.0. The standard InChI is InChI=1S/C15H21ClN2O3/c1-20-15(19)5-7-18(11-14-3-2-8-21-14)10-13-9-12(16)4-6-17-13/h4,6,9,14H,2-3,5,7-8,10-11H2,1H3. The van der Waals surface area contributed by atoms with Gasteiger partial charge in [-0.25, -0.2) is 0 Å². The average Bonchev–Trinajstić information content (AvgIpc) is 2.97. The molecule has 1 aromatic heterocycles. The first kappa shape index (κ1) is 16.2. The van der Waals surface area contributed by atoms with Crippen molar-refractivity contribution in [1.29, 1.82) is 0 Å². The number of pyridine rings is 1. The molecule has 0 spiro atoms. The van der Waals surface area contributed by atoms with Gasteiger partial charge in [0, 0.05) is 37.5 Å². The van der Waals surface area contributed by atoms with E-state index in [1.807, 2.05) is 6.07 Å². The van der Waals surface area contributed by atoms with Crippen molar-refractivity contribution in [2.75, 3.05) is 26.8 Å². The van der Waals surface area contributed by atoms with Gasteiger partial charge in [0.15, 0.2) is 0 Å². The van der Waals surface area contributed by atoms with Crippen LogP contribution in [0.2, 0.25) is 5.02 Å². The highest BCUT2D eigenvalue weighted by atomic mass is 35.5. The van der Waals surface area contributed by atoms with E-state index < -0.39 is 0 Å². The smallest absolute Gasteiger partial charge is 0.306 e. The van der Waals surface area contributed by atoms with Crippen LogP contribution in [0.3, 0.4) is 0 Å². The van der Waals surface area contributed by atoms with Gasteiger partial charge in [0.25, 0.3) is 0 Å². The molecule has 1 atom stereocenters. The number of aromatic nitrogens is 1. The Hall–Kier alpha value is -1.17. The number of ether oxygens (including phenoxy) is 2. The van der Waals surface area contributed by atoms with E-state index in [0.717, 1.165) is 31.7 Å². The molecule has 0 amide bonds. The fourth-order valence-corrected chi connectivity index (χ4v) is 2.61. The Morgan fingerprint density at radius 2 is 2.48 bits per heavy atom. The molecule has 0 aromatic carbocycles. The number of methoxy groups -OCH3 is 1. The number of carbonyl (C=O) groups excluding carboxylic acids is 1. The minimum Gasteiger partial charge on any atom is -0.469 e. The van der Waals surface area contributed by atoms with Crippen LogP contribution in [0, 0.1) is 0 Å². The normalized spacial score (nSPS) is 18.1. The predicted molar refractivity (Wildman–Crippen MR) is 80.1 cm³/mol. The van der Waals surface area contributed by atoms with E-state index in [9.17, 15) is 4.79 Å². The molecule has 0 bridgehead atoms. The van der Waals surface area contributed by atoms with Crippen LogP contribution >= 0.6 is 11.6 Å². The second kappa shape index (κ2) is 8.32. The highest BCUT2D eigenvalue weighted by Crippen LogP contribution is 2.16. The first-order valence-corrected chi connectivity index (χ1v) is 7.56. The van der Waals surface area contributed by atoms with Crippen LogP contribution in [0.25, 0.3) is 0 Å². The largest absolute Gasteiger partial charge is 0.469 e. The highest BCUT2D eigenvalue weighted by Gasteiger charge is 2.20. The molecule has 2 heterocycles. The van der Waals surface area contributed by atoms with Crippen molar-refractivity contribution in [3.05, 3.63) is 29.0 Å². The summed E-state index contributed by atoms with van der Waals surface area (Å²) in [5, 5.41) is 0.671. The van der Waals surface area contributed by atoms with E-state index in [1.165, 1.54) is 7.11 Å². The number of nitrogens with zero attached hydrogens (tertiary/aromatic N) is 2. The maximum atomic E-state index is 11.3. The lowest BCUT2D eigenvalue weighted by Gasteiger charge is -2.24. The Morgan fingerprint density at radius 3 is 3.14 bits per heavy atom. The zero-order chi connectivity index (χ0) is 15.1. The van der Waals surface area contributed by atoms with E-state index >= 15 is 0 Å². The first-order chi connectivity index (χ1) is 10.2. The minimum atomic E-state index is -0.202. The van der Waals surface area contributed by atoms with E-state index in [4.69, 9.17) is 21.1 Å². The van der Waals surface area contributed by atoms with Crippen molar-refractivity contribution in [3.8, 4) is 0 Å². The fraction of sp³-hybridized carbons (Fsp3) is 0.600. The van der Waals surface area contributed by atoms with Crippen LogP contribution in [-0.2, 0) is 20.8 Å². The molecule has 1 saturated heterocycles. The molecule has 0 N–H and O–H groups in total. The molecule has 2 rings (SSSR count). The molecule has 6 heteroatoms. The van der Waals surface area contributed by atoms with Gasteiger partial charge in [-0.3, -0.25) is 14.7 Å². The van der Waals surface area contributed by atoms with Crippen LogP contribution in [0.4, 0.5) is 0 Å². The molecule has 0 saturated carbocycles. The second-order valence-corrected chi connectivity index (χ2v) is 5.60. The maximum absolute atomic E-state index is 11.3. The Labute approximate surface area is 130 Å². The summed E-state index contributed by atoms with van der Waals surface area (Å²) in [6, 6.07) is 3.60. The third kappa shape index (κ3) is 5.61. The summed E-state index contributed by atoms with van der Waals surface area (Å²) in [5.41, 5.74) is 0.894. The summed E-state index contributed by atoms with van der Waals surface area (Å²) in [5.74, 6) is -0.202. The van der Waals surface area contributed by atoms with Crippen LogP contribution in [0.1, 0.15) is 25.0 Å². The summed E-state index contributed by atoms with van der Waals surface area (Å²) in [6.07, 6.45) is 4.47. The zero-order valence-electron chi connectivity index (χ0n) is 12.3. The van der Waals surface area contributed by atoms with Crippen LogP contribution in [-0.4, -0.2) is 48.8 Å². The lowest BCUT2D eigenvalue weighted by Crippen LogP contribution is -2.34.